The molecule has 0 radical (unpaired) electrons. The molecule has 11 heteroatoms. The first kappa shape index (κ1) is 22.0. The van der Waals surface area contributed by atoms with E-state index in [0.29, 0.717) is 12.8 Å². The average molecular weight is 446 g/mol. The van der Waals surface area contributed by atoms with Crippen molar-refractivity contribution in [2.45, 2.75) is 30.5 Å². The Hall–Kier alpha value is -2.66. The van der Waals surface area contributed by atoms with Gasteiger partial charge in [-0.05, 0) is 43.2 Å². The number of amides is 1. The molecule has 1 N–H and O–H groups in total. The summed E-state index contributed by atoms with van der Waals surface area (Å²) in [6.07, 6.45) is -2.79. The largest absolute Gasteiger partial charge is 0.573 e. The summed E-state index contributed by atoms with van der Waals surface area (Å²) in [5.74, 6) is -2.57. The van der Waals surface area contributed by atoms with Gasteiger partial charge in [0.05, 0.1) is 5.69 Å². The first-order valence-electron chi connectivity index (χ1n) is 9.04. The summed E-state index contributed by atoms with van der Waals surface area (Å²) >= 11 is 0. The van der Waals surface area contributed by atoms with Crippen molar-refractivity contribution in [1.82, 2.24) is 4.31 Å². The number of carbonyl (C=O) groups excluding carboxylic acids is 1. The van der Waals surface area contributed by atoms with Crippen molar-refractivity contribution in [2.24, 2.45) is 0 Å². The van der Waals surface area contributed by atoms with E-state index in [1.54, 1.807) is 0 Å². The van der Waals surface area contributed by atoms with Crippen LogP contribution in [0.25, 0.3) is 0 Å². The van der Waals surface area contributed by atoms with Gasteiger partial charge in [0.25, 0.3) is 5.91 Å². The zero-order chi connectivity index (χ0) is 21.9. The summed E-state index contributed by atoms with van der Waals surface area (Å²) < 4.78 is 82.4. The number of piperidine rings is 1. The Balaban J connectivity index is 1.87. The van der Waals surface area contributed by atoms with Crippen LogP contribution in [0.1, 0.15) is 29.6 Å². The van der Waals surface area contributed by atoms with Gasteiger partial charge in [-0.3, -0.25) is 4.79 Å². The summed E-state index contributed by atoms with van der Waals surface area (Å²) in [6.45, 7) is 0.501. The van der Waals surface area contributed by atoms with Gasteiger partial charge in [0.1, 0.15) is 10.7 Å². The van der Waals surface area contributed by atoms with E-state index in [0.717, 1.165) is 35.0 Å². The smallest absolute Gasteiger partial charge is 0.404 e. The fourth-order valence-corrected chi connectivity index (χ4v) is 4.67. The van der Waals surface area contributed by atoms with Gasteiger partial charge < -0.3 is 10.1 Å². The maximum atomic E-state index is 14.3. The van der Waals surface area contributed by atoms with Crippen molar-refractivity contribution in [3.63, 3.8) is 0 Å². The second-order valence-corrected chi connectivity index (χ2v) is 8.51. The fraction of sp³-hybridized carbons (Fsp3) is 0.316. The molecule has 0 bridgehead atoms. The maximum absolute atomic E-state index is 14.3. The number of benzene rings is 2. The fourth-order valence-electron chi connectivity index (χ4n) is 3.06. The van der Waals surface area contributed by atoms with Gasteiger partial charge in [-0.1, -0.05) is 18.6 Å². The van der Waals surface area contributed by atoms with Crippen LogP contribution in [0, 0.1) is 5.82 Å². The number of ether oxygens (including phenoxy) is 1. The zero-order valence-electron chi connectivity index (χ0n) is 15.6. The highest BCUT2D eigenvalue weighted by molar-refractivity contribution is 7.89. The van der Waals surface area contributed by atoms with Crippen LogP contribution in [-0.2, 0) is 10.0 Å². The van der Waals surface area contributed by atoms with Gasteiger partial charge in [0.15, 0.2) is 5.75 Å². The SMILES string of the molecule is O=C(Nc1ccccc1OC(F)(F)F)c1ccc(F)c(S(=O)(=O)N2CCCCC2)c1. The summed E-state index contributed by atoms with van der Waals surface area (Å²) in [6, 6.07) is 7.64. The molecular weight excluding hydrogens is 428 g/mol. The van der Waals surface area contributed by atoms with Crippen LogP contribution in [0.2, 0.25) is 0 Å². The third-order valence-electron chi connectivity index (χ3n) is 4.49. The quantitative estimate of drug-likeness (QED) is 0.701. The number of rotatable bonds is 5. The molecule has 1 fully saturated rings. The van der Waals surface area contributed by atoms with E-state index in [1.165, 1.54) is 18.2 Å². The number of nitrogens with zero attached hydrogens (tertiary/aromatic N) is 1. The molecule has 1 amide bonds. The predicted molar refractivity (Wildman–Crippen MR) is 100 cm³/mol. The molecule has 30 heavy (non-hydrogen) atoms. The standard InChI is InChI=1S/C19H18F4N2O4S/c20-14-9-8-13(12-17(14)30(27,28)25-10-4-1-5-11-25)18(26)24-15-6-2-3-7-16(15)29-19(21,22)23/h2-3,6-9,12H,1,4-5,10-11H2,(H,24,26). The number of para-hydroxylation sites is 2. The summed E-state index contributed by atoms with van der Waals surface area (Å²) in [5, 5.41) is 2.23. The molecule has 0 aliphatic carbocycles. The van der Waals surface area contributed by atoms with Crippen molar-refractivity contribution >= 4 is 21.6 Å². The van der Waals surface area contributed by atoms with Crippen LogP contribution in [0.5, 0.6) is 5.75 Å². The Morgan fingerprint density at radius 1 is 1.03 bits per heavy atom. The van der Waals surface area contributed by atoms with Gasteiger partial charge in [-0.2, -0.15) is 4.31 Å². The molecule has 0 aromatic heterocycles. The van der Waals surface area contributed by atoms with Gasteiger partial charge in [-0.15, -0.1) is 13.2 Å². The number of sulfonamides is 1. The van der Waals surface area contributed by atoms with E-state index in [-0.39, 0.29) is 24.3 Å². The van der Waals surface area contributed by atoms with Crippen molar-refractivity contribution in [3.05, 3.63) is 53.8 Å². The molecule has 2 aromatic carbocycles. The Morgan fingerprint density at radius 3 is 2.37 bits per heavy atom. The minimum atomic E-state index is -4.97. The molecule has 0 saturated carbocycles. The Bertz CT molecular complexity index is 1040. The van der Waals surface area contributed by atoms with Gasteiger partial charge in [0, 0.05) is 18.7 Å². The molecule has 0 spiro atoms. The molecule has 1 aliphatic heterocycles. The van der Waals surface area contributed by atoms with E-state index in [9.17, 15) is 30.8 Å². The molecule has 1 aliphatic rings. The molecule has 1 saturated heterocycles. The minimum Gasteiger partial charge on any atom is -0.404 e. The number of alkyl halides is 3. The first-order valence-corrected chi connectivity index (χ1v) is 10.5. The summed E-state index contributed by atoms with van der Waals surface area (Å²) in [5.41, 5.74) is -0.501. The minimum absolute atomic E-state index is 0.228. The van der Waals surface area contributed by atoms with Crippen molar-refractivity contribution in [2.75, 3.05) is 18.4 Å². The van der Waals surface area contributed by atoms with Crippen molar-refractivity contribution in [3.8, 4) is 5.75 Å². The Morgan fingerprint density at radius 2 is 1.70 bits per heavy atom. The Labute approximate surface area is 170 Å². The molecule has 6 nitrogen and oxygen atoms in total. The molecule has 3 rings (SSSR count). The van der Waals surface area contributed by atoms with Crippen LogP contribution in [0.3, 0.4) is 0 Å². The maximum Gasteiger partial charge on any atom is 0.573 e. The zero-order valence-corrected chi connectivity index (χ0v) is 16.4. The lowest BCUT2D eigenvalue weighted by Gasteiger charge is -2.26. The normalized spacial score (nSPS) is 15.6. The lowest BCUT2D eigenvalue weighted by Crippen LogP contribution is -2.36. The first-order chi connectivity index (χ1) is 14.1. The molecule has 1 heterocycles. The van der Waals surface area contributed by atoms with Gasteiger partial charge in [0.2, 0.25) is 10.0 Å². The van der Waals surface area contributed by atoms with E-state index in [4.69, 9.17) is 0 Å². The third-order valence-corrected chi connectivity index (χ3v) is 6.40. The van der Waals surface area contributed by atoms with E-state index < -0.39 is 38.8 Å². The van der Waals surface area contributed by atoms with Crippen LogP contribution in [0.4, 0.5) is 23.2 Å². The molecule has 2 aromatic rings. The molecular formula is C19H18F4N2O4S. The van der Waals surface area contributed by atoms with E-state index >= 15 is 0 Å². The molecule has 0 atom stereocenters. The number of nitrogens with one attached hydrogen (secondary N) is 1. The van der Waals surface area contributed by atoms with Crippen molar-refractivity contribution < 1.29 is 35.5 Å². The number of anilines is 1. The van der Waals surface area contributed by atoms with Crippen LogP contribution in [-0.4, -0.2) is 38.1 Å². The second-order valence-electron chi connectivity index (χ2n) is 6.61. The van der Waals surface area contributed by atoms with E-state index in [1.807, 2.05) is 0 Å². The summed E-state index contributed by atoms with van der Waals surface area (Å²) in [7, 11) is -4.15. The van der Waals surface area contributed by atoms with Gasteiger partial charge in [-0.25, -0.2) is 12.8 Å². The predicted octanol–water partition coefficient (Wildman–Crippen LogP) is 4.15. The highest BCUT2D eigenvalue weighted by atomic mass is 32.2. The van der Waals surface area contributed by atoms with Crippen LogP contribution < -0.4 is 10.1 Å². The number of hydrogen-bond donors (Lipinski definition) is 1. The molecule has 0 unspecified atom stereocenters. The van der Waals surface area contributed by atoms with Crippen LogP contribution in [0.15, 0.2) is 47.4 Å². The number of hydrogen-bond acceptors (Lipinski definition) is 4. The molecule has 162 valence electrons. The summed E-state index contributed by atoms with van der Waals surface area (Å²) in [4.78, 5) is 11.9. The monoisotopic (exact) mass is 446 g/mol. The van der Waals surface area contributed by atoms with Crippen molar-refractivity contribution in [1.29, 1.82) is 0 Å². The highest BCUT2D eigenvalue weighted by Crippen LogP contribution is 2.31. The highest BCUT2D eigenvalue weighted by Gasteiger charge is 2.33. The topological polar surface area (TPSA) is 75.7 Å². The Kier molecular flexibility index (Phi) is 6.32. The average Bonchev–Trinajstić information content (AvgIpc) is 2.69. The lowest BCUT2D eigenvalue weighted by atomic mass is 10.2. The second kappa shape index (κ2) is 8.60. The van der Waals surface area contributed by atoms with E-state index in [2.05, 4.69) is 10.1 Å². The van der Waals surface area contributed by atoms with Gasteiger partial charge >= 0.3 is 6.36 Å². The number of carbonyl (C=O) groups is 1. The lowest BCUT2D eigenvalue weighted by molar-refractivity contribution is -0.274. The van der Waals surface area contributed by atoms with Crippen LogP contribution >= 0.6 is 0 Å². The number of halogens is 4. The third kappa shape index (κ3) is 5.08.